The van der Waals surface area contributed by atoms with Crippen LogP contribution in [-0.4, -0.2) is 26.0 Å². The second kappa shape index (κ2) is 4.89. The molecule has 0 radical (unpaired) electrons. The molecule has 1 aliphatic carbocycles. The number of nitrogens with two attached hydrogens (primary N) is 1. The van der Waals surface area contributed by atoms with E-state index in [0.29, 0.717) is 17.3 Å². The van der Waals surface area contributed by atoms with Gasteiger partial charge in [-0.1, -0.05) is 0 Å². The molecule has 1 saturated carbocycles. The van der Waals surface area contributed by atoms with E-state index in [9.17, 15) is 8.42 Å². The fourth-order valence-corrected chi connectivity index (χ4v) is 4.73. The zero-order chi connectivity index (χ0) is 12.5. The minimum Gasteiger partial charge on any atom is -0.326 e. The van der Waals surface area contributed by atoms with Crippen LogP contribution >= 0.6 is 23.1 Å². The lowest BCUT2D eigenvalue weighted by molar-refractivity contribution is 0.582. The Bertz CT molecular complexity index is 491. The Hall–Kier alpha value is -0.0800. The van der Waals surface area contributed by atoms with E-state index in [2.05, 4.69) is 4.72 Å². The summed E-state index contributed by atoms with van der Waals surface area (Å²) in [6.45, 7) is 0.904. The summed E-state index contributed by atoms with van der Waals surface area (Å²) < 4.78 is 27.2. The molecule has 0 spiro atoms. The van der Waals surface area contributed by atoms with Crippen molar-refractivity contribution in [3.63, 3.8) is 0 Å². The lowest BCUT2D eigenvalue weighted by Crippen LogP contribution is -2.31. The van der Waals surface area contributed by atoms with Gasteiger partial charge in [0.1, 0.15) is 4.21 Å². The van der Waals surface area contributed by atoms with E-state index in [0.717, 1.165) is 17.7 Å². The van der Waals surface area contributed by atoms with Gasteiger partial charge in [0.05, 0.1) is 0 Å². The fraction of sp³-hybridized carbons (Fsp3) is 0.600. The van der Waals surface area contributed by atoms with E-state index >= 15 is 0 Å². The Balaban J connectivity index is 2.03. The summed E-state index contributed by atoms with van der Waals surface area (Å²) in [5, 5.41) is 0. The highest BCUT2D eigenvalue weighted by molar-refractivity contribution is 8.00. The topological polar surface area (TPSA) is 72.2 Å². The fourth-order valence-electron chi connectivity index (χ4n) is 1.50. The highest BCUT2D eigenvalue weighted by atomic mass is 32.2. The molecule has 4 nitrogen and oxygen atoms in total. The Morgan fingerprint density at radius 1 is 1.53 bits per heavy atom. The standard InChI is InChI=1S/C10H16N2O2S3/c1-15-10(4-5-10)7-12-17(13,14)9-3-2-8(6-11)16-9/h2-3,12H,4-7,11H2,1H3. The van der Waals surface area contributed by atoms with Gasteiger partial charge >= 0.3 is 0 Å². The summed E-state index contributed by atoms with van der Waals surface area (Å²) in [5.74, 6) is 0. The van der Waals surface area contributed by atoms with Gasteiger partial charge in [-0.2, -0.15) is 11.8 Å². The van der Waals surface area contributed by atoms with Crippen molar-refractivity contribution in [1.29, 1.82) is 0 Å². The Morgan fingerprint density at radius 2 is 2.24 bits per heavy atom. The summed E-state index contributed by atoms with van der Waals surface area (Å²) in [6, 6.07) is 3.38. The Labute approximate surface area is 110 Å². The van der Waals surface area contributed by atoms with Crippen LogP contribution in [-0.2, 0) is 16.6 Å². The van der Waals surface area contributed by atoms with Gasteiger partial charge in [0.25, 0.3) is 0 Å². The van der Waals surface area contributed by atoms with Gasteiger partial charge < -0.3 is 5.73 Å². The molecule has 7 heteroatoms. The average Bonchev–Trinajstić information content (AvgIpc) is 2.94. The number of thioether (sulfide) groups is 1. The van der Waals surface area contributed by atoms with E-state index in [4.69, 9.17) is 5.73 Å². The zero-order valence-electron chi connectivity index (χ0n) is 9.60. The summed E-state index contributed by atoms with van der Waals surface area (Å²) in [7, 11) is -3.35. The number of rotatable bonds is 6. The first-order chi connectivity index (χ1) is 8.01. The van der Waals surface area contributed by atoms with Crippen LogP contribution in [0.2, 0.25) is 0 Å². The van der Waals surface area contributed by atoms with Crippen molar-refractivity contribution in [3.8, 4) is 0 Å². The molecule has 0 amide bonds. The van der Waals surface area contributed by atoms with E-state index in [1.165, 1.54) is 11.3 Å². The van der Waals surface area contributed by atoms with Crippen LogP contribution in [0.4, 0.5) is 0 Å². The van der Waals surface area contributed by atoms with Crippen LogP contribution in [0.15, 0.2) is 16.3 Å². The van der Waals surface area contributed by atoms with E-state index in [1.807, 2.05) is 6.26 Å². The molecule has 2 rings (SSSR count). The Morgan fingerprint density at radius 3 is 2.71 bits per heavy atom. The van der Waals surface area contributed by atoms with Crippen LogP contribution < -0.4 is 10.5 Å². The van der Waals surface area contributed by atoms with Gasteiger partial charge in [-0.15, -0.1) is 11.3 Å². The number of sulfonamides is 1. The Kier molecular flexibility index (Phi) is 3.84. The van der Waals surface area contributed by atoms with Gasteiger partial charge in [-0.3, -0.25) is 0 Å². The van der Waals surface area contributed by atoms with Crippen LogP contribution in [0.1, 0.15) is 17.7 Å². The third kappa shape index (κ3) is 3.03. The summed E-state index contributed by atoms with van der Waals surface area (Å²) in [4.78, 5) is 0.886. The molecule has 0 saturated heterocycles. The molecule has 1 aliphatic rings. The van der Waals surface area contributed by atoms with Crippen molar-refractivity contribution < 1.29 is 8.42 Å². The third-order valence-corrected chi connectivity index (χ3v) is 7.35. The molecule has 0 aromatic carbocycles. The number of thiophene rings is 1. The average molecular weight is 292 g/mol. The van der Waals surface area contributed by atoms with Gasteiger partial charge in [0, 0.05) is 22.7 Å². The molecule has 1 fully saturated rings. The van der Waals surface area contributed by atoms with Gasteiger partial charge in [-0.25, -0.2) is 13.1 Å². The van der Waals surface area contributed by atoms with E-state index < -0.39 is 10.0 Å². The van der Waals surface area contributed by atoms with Crippen LogP contribution in [0, 0.1) is 0 Å². The molecule has 0 unspecified atom stereocenters. The maximum Gasteiger partial charge on any atom is 0.250 e. The normalized spacial score (nSPS) is 18.2. The van der Waals surface area contributed by atoms with Crippen LogP contribution in [0.25, 0.3) is 0 Å². The first kappa shape index (κ1) is 13.4. The number of nitrogens with one attached hydrogen (secondary N) is 1. The van der Waals surface area contributed by atoms with Crippen LogP contribution in [0.5, 0.6) is 0 Å². The van der Waals surface area contributed by atoms with Gasteiger partial charge in [-0.05, 0) is 31.2 Å². The first-order valence-corrected chi connectivity index (χ1v) is 8.87. The second-order valence-corrected chi connectivity index (χ2v) is 8.57. The number of hydrogen-bond acceptors (Lipinski definition) is 5. The summed E-state index contributed by atoms with van der Waals surface area (Å²) in [5.41, 5.74) is 5.47. The largest absolute Gasteiger partial charge is 0.326 e. The van der Waals surface area contributed by atoms with Crippen molar-refractivity contribution >= 4 is 33.1 Å². The van der Waals surface area contributed by atoms with Crippen LogP contribution in [0.3, 0.4) is 0 Å². The minimum absolute atomic E-state index is 0.140. The molecule has 1 aromatic rings. The van der Waals surface area contributed by atoms with Gasteiger partial charge in [0.2, 0.25) is 10.0 Å². The lowest BCUT2D eigenvalue weighted by Gasteiger charge is -2.12. The summed E-state index contributed by atoms with van der Waals surface area (Å²) >= 11 is 2.98. The minimum atomic E-state index is -3.35. The predicted molar refractivity (Wildman–Crippen MR) is 72.9 cm³/mol. The molecular formula is C10H16N2O2S3. The van der Waals surface area contributed by atoms with Crippen molar-refractivity contribution in [2.24, 2.45) is 5.73 Å². The SMILES string of the molecule is CSC1(CNS(=O)(=O)c2ccc(CN)s2)CC1. The lowest BCUT2D eigenvalue weighted by atomic mass is 10.4. The van der Waals surface area contributed by atoms with Crippen molar-refractivity contribution in [1.82, 2.24) is 4.72 Å². The second-order valence-electron chi connectivity index (χ2n) is 4.14. The molecule has 0 aliphatic heterocycles. The molecule has 0 bridgehead atoms. The first-order valence-electron chi connectivity index (χ1n) is 5.35. The highest BCUT2D eigenvalue weighted by Gasteiger charge is 2.42. The molecule has 1 heterocycles. The van der Waals surface area contributed by atoms with E-state index in [1.54, 1.807) is 23.9 Å². The van der Waals surface area contributed by atoms with Crippen molar-refractivity contribution in [2.75, 3.05) is 12.8 Å². The maximum atomic E-state index is 12.0. The molecule has 1 aromatic heterocycles. The predicted octanol–water partition coefficient (Wildman–Crippen LogP) is 1.38. The highest BCUT2D eigenvalue weighted by Crippen LogP contribution is 2.46. The quantitative estimate of drug-likeness (QED) is 0.831. The zero-order valence-corrected chi connectivity index (χ0v) is 12.1. The maximum absolute atomic E-state index is 12.0. The smallest absolute Gasteiger partial charge is 0.250 e. The summed E-state index contributed by atoms with van der Waals surface area (Å²) in [6.07, 6.45) is 4.21. The molecule has 96 valence electrons. The molecule has 3 N–H and O–H groups in total. The van der Waals surface area contributed by atoms with Crippen molar-refractivity contribution in [3.05, 3.63) is 17.0 Å². The molecule has 17 heavy (non-hydrogen) atoms. The third-order valence-electron chi connectivity index (χ3n) is 2.93. The van der Waals surface area contributed by atoms with Gasteiger partial charge in [0.15, 0.2) is 0 Å². The monoisotopic (exact) mass is 292 g/mol. The molecular weight excluding hydrogens is 276 g/mol. The van der Waals surface area contributed by atoms with Crippen molar-refractivity contribution in [2.45, 2.75) is 28.3 Å². The number of hydrogen-bond donors (Lipinski definition) is 2. The molecule has 0 atom stereocenters. The van der Waals surface area contributed by atoms with E-state index in [-0.39, 0.29) is 4.75 Å².